The van der Waals surface area contributed by atoms with E-state index in [1.54, 1.807) is 0 Å². The first-order chi connectivity index (χ1) is 7.64. The summed E-state index contributed by atoms with van der Waals surface area (Å²) in [7, 11) is 2.06. The molecule has 2 fully saturated rings. The molecule has 1 N–H and O–H groups in total. The fourth-order valence-electron chi connectivity index (χ4n) is 3.22. The Balaban J connectivity index is 1.81. The van der Waals surface area contributed by atoms with E-state index in [0.29, 0.717) is 23.7 Å². The van der Waals surface area contributed by atoms with Gasteiger partial charge in [0.2, 0.25) is 0 Å². The lowest BCUT2D eigenvalue weighted by atomic mass is 9.64. The van der Waals surface area contributed by atoms with E-state index in [1.165, 1.54) is 44.9 Å². The third-order valence-corrected chi connectivity index (χ3v) is 4.69. The molecule has 0 spiro atoms. The van der Waals surface area contributed by atoms with Gasteiger partial charge in [-0.2, -0.15) is 0 Å². The maximum atomic E-state index is 6.31. The highest BCUT2D eigenvalue weighted by molar-refractivity contribution is 5.02. The highest BCUT2D eigenvalue weighted by Gasteiger charge is 2.48. The fourth-order valence-corrected chi connectivity index (χ4v) is 3.22. The average Bonchev–Trinajstić information content (AvgIpc) is 2.52. The predicted molar refractivity (Wildman–Crippen MR) is 67.6 cm³/mol. The molecule has 2 rings (SSSR count). The lowest BCUT2D eigenvalue weighted by Gasteiger charge is -2.52. The van der Waals surface area contributed by atoms with E-state index in [0.717, 1.165) is 0 Å². The Labute approximate surface area is 100 Å². The minimum Gasteiger partial charge on any atom is -0.374 e. The molecule has 0 aromatic heterocycles. The molecule has 0 radical (unpaired) electrons. The standard InChI is InChI=1S/C14H27NO/c1-14(2)12(15-3)10-13(14)16-11-8-6-4-5-7-9-11/h11-13,15H,4-10H2,1-3H3. The first kappa shape index (κ1) is 12.4. The van der Waals surface area contributed by atoms with E-state index < -0.39 is 0 Å². The molecule has 2 unspecified atom stereocenters. The molecule has 2 aliphatic rings. The maximum Gasteiger partial charge on any atom is 0.0659 e. The summed E-state index contributed by atoms with van der Waals surface area (Å²) < 4.78 is 6.31. The third-order valence-electron chi connectivity index (χ3n) is 4.69. The SMILES string of the molecule is CNC1CC(OC2CCCCCC2)C1(C)C. The average molecular weight is 225 g/mol. The maximum absolute atomic E-state index is 6.31. The largest absolute Gasteiger partial charge is 0.374 e. The molecule has 0 saturated heterocycles. The molecule has 2 aliphatic carbocycles. The molecule has 0 bridgehead atoms. The van der Waals surface area contributed by atoms with Gasteiger partial charge < -0.3 is 10.1 Å². The molecule has 0 amide bonds. The zero-order valence-corrected chi connectivity index (χ0v) is 11.1. The second-order valence-corrected chi connectivity index (χ2v) is 6.14. The van der Waals surface area contributed by atoms with Crippen LogP contribution in [0.5, 0.6) is 0 Å². The van der Waals surface area contributed by atoms with Crippen molar-refractivity contribution < 1.29 is 4.74 Å². The van der Waals surface area contributed by atoms with Crippen LogP contribution in [0, 0.1) is 5.41 Å². The first-order valence-electron chi connectivity index (χ1n) is 6.97. The van der Waals surface area contributed by atoms with E-state index in [-0.39, 0.29) is 0 Å². The summed E-state index contributed by atoms with van der Waals surface area (Å²) in [6, 6.07) is 0.642. The van der Waals surface area contributed by atoms with Crippen LogP contribution in [0.4, 0.5) is 0 Å². The van der Waals surface area contributed by atoms with E-state index in [2.05, 4.69) is 26.2 Å². The number of nitrogens with one attached hydrogen (secondary N) is 1. The molecular formula is C14H27NO. The van der Waals surface area contributed by atoms with Gasteiger partial charge in [-0.05, 0) is 26.3 Å². The monoisotopic (exact) mass is 225 g/mol. The zero-order valence-electron chi connectivity index (χ0n) is 11.1. The van der Waals surface area contributed by atoms with E-state index in [1.807, 2.05) is 0 Å². The molecule has 2 nitrogen and oxygen atoms in total. The highest BCUT2D eigenvalue weighted by Crippen LogP contribution is 2.43. The summed E-state index contributed by atoms with van der Waals surface area (Å²) in [6.07, 6.45) is 10.4. The molecule has 0 aromatic rings. The Bertz CT molecular complexity index is 219. The van der Waals surface area contributed by atoms with Crippen LogP contribution in [-0.4, -0.2) is 25.3 Å². The van der Waals surface area contributed by atoms with Crippen LogP contribution in [0.2, 0.25) is 0 Å². The van der Waals surface area contributed by atoms with Gasteiger partial charge in [0, 0.05) is 11.5 Å². The van der Waals surface area contributed by atoms with Crippen LogP contribution >= 0.6 is 0 Å². The predicted octanol–water partition coefficient (Wildman–Crippen LogP) is 3.11. The van der Waals surface area contributed by atoms with E-state index in [4.69, 9.17) is 4.74 Å². The number of hydrogen-bond acceptors (Lipinski definition) is 2. The zero-order chi connectivity index (χ0) is 11.6. The van der Waals surface area contributed by atoms with Gasteiger partial charge in [-0.3, -0.25) is 0 Å². The number of ether oxygens (including phenoxy) is 1. The summed E-state index contributed by atoms with van der Waals surface area (Å²) in [4.78, 5) is 0. The second-order valence-electron chi connectivity index (χ2n) is 6.14. The second kappa shape index (κ2) is 5.05. The quantitative estimate of drug-likeness (QED) is 0.745. The summed E-state index contributed by atoms with van der Waals surface area (Å²) in [6.45, 7) is 4.66. The topological polar surface area (TPSA) is 21.3 Å². The Morgan fingerprint density at radius 3 is 2.19 bits per heavy atom. The van der Waals surface area contributed by atoms with Gasteiger partial charge in [-0.15, -0.1) is 0 Å². The van der Waals surface area contributed by atoms with Crippen molar-refractivity contribution in [2.75, 3.05) is 7.05 Å². The highest BCUT2D eigenvalue weighted by atomic mass is 16.5. The van der Waals surface area contributed by atoms with Crippen LogP contribution in [0.1, 0.15) is 58.8 Å². The molecule has 2 heteroatoms. The van der Waals surface area contributed by atoms with Crippen molar-refractivity contribution in [3.63, 3.8) is 0 Å². The van der Waals surface area contributed by atoms with Gasteiger partial charge in [0.25, 0.3) is 0 Å². The normalized spacial score (nSPS) is 35.4. The van der Waals surface area contributed by atoms with E-state index in [9.17, 15) is 0 Å². The number of rotatable bonds is 3. The van der Waals surface area contributed by atoms with Crippen LogP contribution in [0.25, 0.3) is 0 Å². The molecule has 16 heavy (non-hydrogen) atoms. The minimum absolute atomic E-state index is 0.320. The number of hydrogen-bond donors (Lipinski definition) is 1. The van der Waals surface area contributed by atoms with Crippen molar-refractivity contribution in [3.05, 3.63) is 0 Å². The van der Waals surface area contributed by atoms with Gasteiger partial charge >= 0.3 is 0 Å². The van der Waals surface area contributed by atoms with Gasteiger partial charge in [-0.25, -0.2) is 0 Å². The molecular weight excluding hydrogens is 198 g/mol. The van der Waals surface area contributed by atoms with Crippen LogP contribution in [-0.2, 0) is 4.74 Å². The Morgan fingerprint density at radius 1 is 1.06 bits per heavy atom. The lowest BCUT2D eigenvalue weighted by molar-refractivity contribution is -0.148. The van der Waals surface area contributed by atoms with Gasteiger partial charge in [-0.1, -0.05) is 39.5 Å². The van der Waals surface area contributed by atoms with Crippen molar-refractivity contribution in [3.8, 4) is 0 Å². The van der Waals surface area contributed by atoms with Gasteiger partial charge in [0.15, 0.2) is 0 Å². The fraction of sp³-hybridized carbons (Fsp3) is 1.00. The molecule has 0 aliphatic heterocycles. The van der Waals surface area contributed by atoms with Gasteiger partial charge in [0.05, 0.1) is 12.2 Å². The molecule has 0 aromatic carbocycles. The van der Waals surface area contributed by atoms with Crippen molar-refractivity contribution in [1.82, 2.24) is 5.32 Å². The molecule has 2 saturated carbocycles. The Morgan fingerprint density at radius 2 is 1.69 bits per heavy atom. The lowest BCUT2D eigenvalue weighted by Crippen LogP contribution is -2.60. The van der Waals surface area contributed by atoms with Crippen LogP contribution in [0.3, 0.4) is 0 Å². The summed E-state index contributed by atoms with van der Waals surface area (Å²) in [5, 5.41) is 3.39. The van der Waals surface area contributed by atoms with Gasteiger partial charge in [0.1, 0.15) is 0 Å². The van der Waals surface area contributed by atoms with E-state index >= 15 is 0 Å². The van der Waals surface area contributed by atoms with Crippen molar-refractivity contribution in [1.29, 1.82) is 0 Å². The van der Waals surface area contributed by atoms with Crippen LogP contribution in [0.15, 0.2) is 0 Å². The summed E-state index contributed by atoms with van der Waals surface area (Å²) >= 11 is 0. The van der Waals surface area contributed by atoms with Crippen molar-refractivity contribution >= 4 is 0 Å². The third kappa shape index (κ3) is 2.43. The summed E-state index contributed by atoms with van der Waals surface area (Å²) in [5.74, 6) is 0. The Hall–Kier alpha value is -0.0800. The minimum atomic E-state index is 0.320. The molecule has 0 heterocycles. The smallest absolute Gasteiger partial charge is 0.0659 e. The molecule has 2 atom stereocenters. The summed E-state index contributed by atoms with van der Waals surface area (Å²) in [5.41, 5.74) is 0.320. The molecule has 94 valence electrons. The van der Waals surface area contributed by atoms with Crippen LogP contribution < -0.4 is 5.32 Å². The Kier molecular flexibility index (Phi) is 3.91. The first-order valence-corrected chi connectivity index (χ1v) is 6.97. The van der Waals surface area contributed by atoms with Crippen molar-refractivity contribution in [2.24, 2.45) is 5.41 Å². The van der Waals surface area contributed by atoms with Crippen molar-refractivity contribution in [2.45, 2.75) is 77.0 Å².